The number of methoxy groups -OCH3 is 1. The maximum atomic E-state index is 11.3. The monoisotopic (exact) mass is 247 g/mol. The second kappa shape index (κ2) is 6.55. The third-order valence-corrected chi connectivity index (χ3v) is 3.68. The Balaban J connectivity index is 1.84. The van der Waals surface area contributed by atoms with Crippen LogP contribution in [0.1, 0.15) is 35.2 Å². The highest BCUT2D eigenvalue weighted by atomic mass is 16.5. The average molecular weight is 247 g/mol. The number of aryl methyl sites for hydroxylation is 1. The Bertz CT molecular complexity index is 380. The van der Waals surface area contributed by atoms with Crippen molar-refractivity contribution < 1.29 is 9.53 Å². The minimum Gasteiger partial charge on any atom is -0.465 e. The normalized spacial score (nSPS) is 16.5. The summed E-state index contributed by atoms with van der Waals surface area (Å²) in [4.78, 5) is 11.3. The van der Waals surface area contributed by atoms with Crippen LogP contribution >= 0.6 is 0 Å². The van der Waals surface area contributed by atoms with Gasteiger partial charge in [0.15, 0.2) is 0 Å². The zero-order valence-corrected chi connectivity index (χ0v) is 10.9. The van der Waals surface area contributed by atoms with Crippen molar-refractivity contribution >= 4 is 5.97 Å². The summed E-state index contributed by atoms with van der Waals surface area (Å²) >= 11 is 0. The lowest BCUT2D eigenvalue weighted by Crippen LogP contribution is -2.27. The molecule has 1 saturated heterocycles. The summed E-state index contributed by atoms with van der Waals surface area (Å²) in [5.41, 5.74) is 1.93. The number of ether oxygens (including phenoxy) is 1. The molecule has 1 aliphatic heterocycles. The van der Waals surface area contributed by atoms with Crippen molar-refractivity contribution in [3.8, 4) is 0 Å². The minimum absolute atomic E-state index is 0.264. The molecule has 0 spiro atoms. The Morgan fingerprint density at radius 2 is 1.94 bits per heavy atom. The molecule has 98 valence electrons. The van der Waals surface area contributed by atoms with Crippen molar-refractivity contribution in [2.45, 2.75) is 25.7 Å². The summed E-state index contributed by atoms with van der Waals surface area (Å²) in [6, 6.07) is 7.77. The first kappa shape index (κ1) is 13.1. The Kier molecular flexibility index (Phi) is 4.76. The minimum atomic E-state index is -0.264. The Morgan fingerprint density at radius 3 is 2.56 bits per heavy atom. The van der Waals surface area contributed by atoms with E-state index in [1.54, 1.807) is 0 Å². The molecular weight excluding hydrogens is 226 g/mol. The van der Waals surface area contributed by atoms with Gasteiger partial charge in [0, 0.05) is 0 Å². The zero-order chi connectivity index (χ0) is 12.8. The van der Waals surface area contributed by atoms with Crippen molar-refractivity contribution in [2.75, 3.05) is 20.2 Å². The number of carbonyl (C=O) groups excluding carboxylic acids is 1. The fraction of sp³-hybridized carbons (Fsp3) is 0.533. The van der Waals surface area contributed by atoms with Crippen molar-refractivity contribution in [2.24, 2.45) is 5.92 Å². The molecule has 0 saturated carbocycles. The molecule has 2 rings (SSSR count). The molecule has 1 aromatic rings. The molecule has 0 atom stereocenters. The lowest BCUT2D eigenvalue weighted by atomic mass is 9.91. The van der Waals surface area contributed by atoms with Gasteiger partial charge in [0.2, 0.25) is 0 Å². The zero-order valence-electron chi connectivity index (χ0n) is 10.9. The second-order valence-electron chi connectivity index (χ2n) is 4.92. The number of benzene rings is 1. The fourth-order valence-electron chi connectivity index (χ4n) is 2.47. The summed E-state index contributed by atoms with van der Waals surface area (Å²) in [5.74, 6) is 0.589. The van der Waals surface area contributed by atoms with Crippen molar-refractivity contribution in [1.29, 1.82) is 0 Å². The van der Waals surface area contributed by atoms with Crippen LogP contribution in [0.3, 0.4) is 0 Å². The summed E-state index contributed by atoms with van der Waals surface area (Å²) in [7, 11) is 1.41. The maximum absolute atomic E-state index is 11.3. The van der Waals surface area contributed by atoms with Gasteiger partial charge in [-0.1, -0.05) is 12.1 Å². The largest absolute Gasteiger partial charge is 0.465 e. The predicted molar refractivity (Wildman–Crippen MR) is 71.7 cm³/mol. The first-order valence-corrected chi connectivity index (χ1v) is 6.67. The van der Waals surface area contributed by atoms with Crippen molar-refractivity contribution in [1.82, 2.24) is 5.32 Å². The smallest absolute Gasteiger partial charge is 0.337 e. The Labute approximate surface area is 109 Å². The van der Waals surface area contributed by atoms with E-state index in [4.69, 9.17) is 0 Å². The van der Waals surface area contributed by atoms with Crippen molar-refractivity contribution in [3.05, 3.63) is 35.4 Å². The highest BCUT2D eigenvalue weighted by molar-refractivity contribution is 5.89. The van der Waals surface area contributed by atoms with E-state index in [0.29, 0.717) is 5.56 Å². The van der Waals surface area contributed by atoms with Crippen LogP contribution < -0.4 is 5.32 Å². The van der Waals surface area contributed by atoms with Gasteiger partial charge >= 0.3 is 5.97 Å². The molecule has 1 N–H and O–H groups in total. The number of hydrogen-bond acceptors (Lipinski definition) is 3. The van der Waals surface area contributed by atoms with E-state index in [-0.39, 0.29) is 5.97 Å². The topological polar surface area (TPSA) is 38.3 Å². The van der Waals surface area contributed by atoms with Gasteiger partial charge in [-0.2, -0.15) is 0 Å². The first-order valence-electron chi connectivity index (χ1n) is 6.67. The van der Waals surface area contributed by atoms with E-state index in [1.165, 1.54) is 31.9 Å². The van der Waals surface area contributed by atoms with Crippen LogP contribution in [0.2, 0.25) is 0 Å². The van der Waals surface area contributed by atoms with Gasteiger partial charge in [-0.05, 0) is 62.4 Å². The van der Waals surface area contributed by atoms with Crippen LogP contribution in [0.5, 0.6) is 0 Å². The van der Waals surface area contributed by atoms with E-state index >= 15 is 0 Å². The molecule has 0 aliphatic carbocycles. The van der Waals surface area contributed by atoms with Gasteiger partial charge in [-0.15, -0.1) is 0 Å². The van der Waals surface area contributed by atoms with Crippen LogP contribution in [0.15, 0.2) is 24.3 Å². The Hall–Kier alpha value is -1.35. The van der Waals surface area contributed by atoms with E-state index in [9.17, 15) is 4.79 Å². The molecule has 1 fully saturated rings. The summed E-state index contributed by atoms with van der Waals surface area (Å²) in [6.07, 6.45) is 4.94. The molecule has 3 heteroatoms. The third kappa shape index (κ3) is 3.57. The molecular formula is C15H21NO2. The number of piperidine rings is 1. The molecule has 0 amide bonds. The number of nitrogens with one attached hydrogen (secondary N) is 1. The number of rotatable bonds is 4. The van der Waals surface area contributed by atoms with Crippen LogP contribution in [-0.2, 0) is 11.2 Å². The highest BCUT2D eigenvalue weighted by Gasteiger charge is 2.12. The molecule has 0 aromatic heterocycles. The van der Waals surface area contributed by atoms with Crippen molar-refractivity contribution in [3.63, 3.8) is 0 Å². The number of hydrogen-bond donors (Lipinski definition) is 1. The van der Waals surface area contributed by atoms with Crippen LogP contribution in [0.25, 0.3) is 0 Å². The standard InChI is InChI=1S/C15H21NO2/c1-18-15(17)14-6-4-12(5-7-14)2-3-13-8-10-16-11-9-13/h4-7,13,16H,2-3,8-11H2,1H3. The molecule has 1 heterocycles. The molecule has 1 aliphatic rings. The van der Waals surface area contributed by atoms with Gasteiger partial charge in [0.05, 0.1) is 12.7 Å². The summed E-state index contributed by atoms with van der Waals surface area (Å²) in [5, 5.41) is 3.39. The number of esters is 1. The van der Waals surface area contributed by atoms with Crippen LogP contribution in [0, 0.1) is 5.92 Å². The maximum Gasteiger partial charge on any atom is 0.337 e. The first-order chi connectivity index (χ1) is 8.79. The van der Waals surface area contributed by atoms with Gasteiger partial charge in [-0.3, -0.25) is 0 Å². The fourth-order valence-corrected chi connectivity index (χ4v) is 2.47. The molecule has 0 unspecified atom stereocenters. The van der Waals surface area contributed by atoms with Gasteiger partial charge in [0.25, 0.3) is 0 Å². The van der Waals surface area contributed by atoms with E-state index in [0.717, 1.165) is 25.4 Å². The predicted octanol–water partition coefficient (Wildman–Crippen LogP) is 2.41. The quantitative estimate of drug-likeness (QED) is 0.830. The van der Waals surface area contributed by atoms with Crippen LogP contribution in [-0.4, -0.2) is 26.2 Å². The van der Waals surface area contributed by atoms with Gasteiger partial charge < -0.3 is 10.1 Å². The summed E-state index contributed by atoms with van der Waals surface area (Å²) < 4.78 is 4.69. The highest BCUT2D eigenvalue weighted by Crippen LogP contribution is 2.19. The average Bonchev–Trinajstić information content (AvgIpc) is 2.46. The third-order valence-electron chi connectivity index (χ3n) is 3.68. The SMILES string of the molecule is COC(=O)c1ccc(CCC2CCNCC2)cc1. The van der Waals surface area contributed by atoms with Gasteiger partial charge in [0.1, 0.15) is 0 Å². The number of carbonyl (C=O) groups is 1. The molecule has 0 radical (unpaired) electrons. The molecule has 3 nitrogen and oxygen atoms in total. The molecule has 1 aromatic carbocycles. The second-order valence-corrected chi connectivity index (χ2v) is 4.92. The van der Waals surface area contributed by atoms with E-state index in [2.05, 4.69) is 10.1 Å². The van der Waals surface area contributed by atoms with Crippen LogP contribution in [0.4, 0.5) is 0 Å². The van der Waals surface area contributed by atoms with E-state index < -0.39 is 0 Å². The lowest BCUT2D eigenvalue weighted by Gasteiger charge is -2.22. The van der Waals surface area contributed by atoms with Gasteiger partial charge in [-0.25, -0.2) is 4.79 Å². The molecule has 18 heavy (non-hydrogen) atoms. The molecule has 0 bridgehead atoms. The summed E-state index contributed by atoms with van der Waals surface area (Å²) in [6.45, 7) is 2.32. The Morgan fingerprint density at radius 1 is 1.28 bits per heavy atom. The van der Waals surface area contributed by atoms with E-state index in [1.807, 2.05) is 24.3 Å². The lowest BCUT2D eigenvalue weighted by molar-refractivity contribution is 0.0600.